The molecular formula is C19H32N2O2. The third-order valence-corrected chi connectivity index (χ3v) is 6.89. The number of hydrogen-bond donors (Lipinski definition) is 2. The lowest BCUT2D eigenvalue weighted by Gasteiger charge is -2.60. The summed E-state index contributed by atoms with van der Waals surface area (Å²) in [5, 5.41) is 13.9. The molecule has 0 aromatic heterocycles. The van der Waals surface area contributed by atoms with E-state index in [1.807, 2.05) is 0 Å². The maximum absolute atomic E-state index is 12.5. The van der Waals surface area contributed by atoms with Gasteiger partial charge in [0.15, 0.2) is 0 Å². The molecule has 4 saturated carbocycles. The molecule has 130 valence electrons. The highest BCUT2D eigenvalue weighted by atomic mass is 16.3. The Morgan fingerprint density at radius 3 is 2.43 bits per heavy atom. The van der Waals surface area contributed by atoms with Crippen molar-refractivity contribution in [2.75, 3.05) is 26.2 Å². The normalized spacial score (nSPS) is 42.8. The van der Waals surface area contributed by atoms with Crippen molar-refractivity contribution in [1.82, 2.24) is 10.2 Å². The van der Waals surface area contributed by atoms with Gasteiger partial charge in [-0.2, -0.15) is 0 Å². The number of amides is 1. The third-order valence-electron chi connectivity index (χ3n) is 6.89. The van der Waals surface area contributed by atoms with Crippen LogP contribution in [-0.4, -0.2) is 47.7 Å². The van der Waals surface area contributed by atoms with E-state index in [0.29, 0.717) is 18.3 Å². The van der Waals surface area contributed by atoms with Crippen molar-refractivity contribution in [3.8, 4) is 0 Å². The molecular weight excluding hydrogens is 288 g/mol. The number of carbonyl (C=O) groups is 1. The number of likely N-dealkylation sites (tertiary alicyclic amines) is 1. The van der Waals surface area contributed by atoms with E-state index in [4.69, 9.17) is 0 Å². The van der Waals surface area contributed by atoms with Crippen molar-refractivity contribution < 1.29 is 9.90 Å². The summed E-state index contributed by atoms with van der Waals surface area (Å²) in [7, 11) is 0. The van der Waals surface area contributed by atoms with Crippen LogP contribution in [0.4, 0.5) is 0 Å². The van der Waals surface area contributed by atoms with Crippen LogP contribution in [0, 0.1) is 17.3 Å². The van der Waals surface area contributed by atoms with Gasteiger partial charge in [-0.3, -0.25) is 4.79 Å². The molecule has 2 N–H and O–H groups in total. The summed E-state index contributed by atoms with van der Waals surface area (Å²) in [4.78, 5) is 14.9. The van der Waals surface area contributed by atoms with E-state index in [-0.39, 0.29) is 11.3 Å². The van der Waals surface area contributed by atoms with E-state index in [1.165, 1.54) is 51.6 Å². The molecule has 0 radical (unpaired) electrons. The Labute approximate surface area is 140 Å². The Hall–Kier alpha value is -0.610. The molecule has 1 amide bonds. The molecule has 5 aliphatic rings. The van der Waals surface area contributed by atoms with Gasteiger partial charge in [0, 0.05) is 19.5 Å². The molecule has 4 heteroatoms. The zero-order valence-corrected chi connectivity index (χ0v) is 14.4. The zero-order valence-electron chi connectivity index (χ0n) is 14.4. The summed E-state index contributed by atoms with van der Waals surface area (Å²) in [6.07, 6.45) is 11.1. The molecule has 5 rings (SSSR count). The topological polar surface area (TPSA) is 52.6 Å². The van der Waals surface area contributed by atoms with Crippen molar-refractivity contribution in [2.45, 2.75) is 69.8 Å². The Bertz CT molecular complexity index is 444. The summed E-state index contributed by atoms with van der Waals surface area (Å²) >= 11 is 0. The monoisotopic (exact) mass is 320 g/mol. The van der Waals surface area contributed by atoms with Crippen molar-refractivity contribution in [1.29, 1.82) is 0 Å². The van der Waals surface area contributed by atoms with E-state index in [1.54, 1.807) is 0 Å². The molecule has 0 spiro atoms. The van der Waals surface area contributed by atoms with Crippen molar-refractivity contribution in [2.24, 2.45) is 17.3 Å². The fourth-order valence-electron chi connectivity index (χ4n) is 6.55. The smallest absolute Gasteiger partial charge is 0.220 e. The second kappa shape index (κ2) is 6.03. The van der Waals surface area contributed by atoms with Crippen molar-refractivity contribution >= 4 is 5.91 Å². The van der Waals surface area contributed by atoms with Gasteiger partial charge in [0.1, 0.15) is 0 Å². The van der Waals surface area contributed by atoms with E-state index in [0.717, 1.165) is 32.4 Å². The lowest BCUT2D eigenvalue weighted by atomic mass is 9.47. The van der Waals surface area contributed by atoms with Crippen molar-refractivity contribution in [3.05, 3.63) is 0 Å². The van der Waals surface area contributed by atoms with Gasteiger partial charge in [-0.15, -0.1) is 0 Å². The van der Waals surface area contributed by atoms with E-state index in [2.05, 4.69) is 10.2 Å². The summed E-state index contributed by atoms with van der Waals surface area (Å²) in [5.74, 6) is 1.55. The average Bonchev–Trinajstić information content (AvgIpc) is 2.45. The van der Waals surface area contributed by atoms with Gasteiger partial charge in [0.25, 0.3) is 0 Å². The lowest BCUT2D eigenvalue weighted by Crippen LogP contribution is -2.56. The number of rotatable bonds is 5. The largest absolute Gasteiger partial charge is 0.390 e. The molecule has 2 unspecified atom stereocenters. The first-order valence-corrected chi connectivity index (χ1v) is 9.76. The number of nitrogens with one attached hydrogen (secondary N) is 1. The van der Waals surface area contributed by atoms with Crippen LogP contribution in [0.5, 0.6) is 0 Å². The minimum absolute atomic E-state index is 0.105. The van der Waals surface area contributed by atoms with Crippen LogP contribution in [0.2, 0.25) is 0 Å². The summed E-state index contributed by atoms with van der Waals surface area (Å²) in [5.41, 5.74) is -0.341. The highest BCUT2D eigenvalue weighted by Crippen LogP contribution is 2.62. The van der Waals surface area contributed by atoms with Gasteiger partial charge < -0.3 is 15.3 Å². The van der Waals surface area contributed by atoms with Crippen LogP contribution in [0.1, 0.15) is 64.2 Å². The standard InChI is InChI=1S/C19H32N2O2/c22-17(20-4-7-21-5-2-1-3-6-21)13-18-9-15-8-16(10-18)12-19(23,11-15)14-18/h15-16,23H,1-14H2,(H,20,22). The van der Waals surface area contributed by atoms with Crippen LogP contribution in [0.25, 0.3) is 0 Å². The van der Waals surface area contributed by atoms with E-state index < -0.39 is 5.60 Å². The SMILES string of the molecule is O=C(CC12CC3CC(CC(O)(C3)C1)C2)NCCN1CCCCC1. The summed E-state index contributed by atoms with van der Waals surface area (Å²) in [6.45, 7) is 4.16. The first-order chi connectivity index (χ1) is 11.0. The maximum atomic E-state index is 12.5. The molecule has 4 nitrogen and oxygen atoms in total. The van der Waals surface area contributed by atoms with Gasteiger partial charge in [0.2, 0.25) is 5.91 Å². The maximum Gasteiger partial charge on any atom is 0.220 e. The predicted molar refractivity (Wildman–Crippen MR) is 90.0 cm³/mol. The van der Waals surface area contributed by atoms with Gasteiger partial charge >= 0.3 is 0 Å². The molecule has 23 heavy (non-hydrogen) atoms. The second-order valence-electron chi connectivity index (χ2n) is 9.11. The van der Waals surface area contributed by atoms with Crippen molar-refractivity contribution in [3.63, 3.8) is 0 Å². The highest BCUT2D eigenvalue weighted by Gasteiger charge is 2.57. The molecule has 2 atom stereocenters. The fraction of sp³-hybridized carbons (Fsp3) is 0.947. The third kappa shape index (κ3) is 3.43. The van der Waals surface area contributed by atoms with Crippen LogP contribution in [0.15, 0.2) is 0 Å². The Morgan fingerprint density at radius 2 is 1.78 bits per heavy atom. The first-order valence-electron chi connectivity index (χ1n) is 9.76. The van der Waals surface area contributed by atoms with Crippen LogP contribution in [-0.2, 0) is 4.79 Å². The molecule has 1 aliphatic heterocycles. The lowest BCUT2D eigenvalue weighted by molar-refractivity contribution is -0.169. The summed E-state index contributed by atoms with van der Waals surface area (Å²) in [6, 6.07) is 0. The number of nitrogens with zero attached hydrogens (tertiary/aromatic N) is 1. The minimum Gasteiger partial charge on any atom is -0.390 e. The van der Waals surface area contributed by atoms with Gasteiger partial charge in [-0.1, -0.05) is 6.42 Å². The molecule has 5 fully saturated rings. The predicted octanol–water partition coefficient (Wildman–Crippen LogP) is 2.31. The van der Waals surface area contributed by atoms with E-state index >= 15 is 0 Å². The number of aliphatic hydroxyl groups is 1. The molecule has 1 saturated heterocycles. The molecule has 0 aromatic carbocycles. The minimum atomic E-state index is -0.446. The van der Waals surface area contributed by atoms with Gasteiger partial charge in [-0.25, -0.2) is 0 Å². The molecule has 4 aliphatic carbocycles. The molecule has 4 bridgehead atoms. The second-order valence-corrected chi connectivity index (χ2v) is 9.11. The number of carbonyl (C=O) groups excluding carboxylic acids is 1. The Balaban J connectivity index is 1.27. The molecule has 0 aromatic rings. The number of hydrogen-bond acceptors (Lipinski definition) is 3. The van der Waals surface area contributed by atoms with E-state index in [9.17, 15) is 9.90 Å². The Kier molecular flexibility index (Phi) is 4.17. The molecule has 1 heterocycles. The summed E-state index contributed by atoms with van der Waals surface area (Å²) < 4.78 is 0. The average molecular weight is 320 g/mol. The van der Waals surface area contributed by atoms with Crippen LogP contribution < -0.4 is 5.32 Å². The zero-order chi connectivity index (χ0) is 15.9. The quantitative estimate of drug-likeness (QED) is 0.817. The highest BCUT2D eigenvalue weighted by molar-refractivity contribution is 5.76. The van der Waals surface area contributed by atoms with Gasteiger partial charge in [0.05, 0.1) is 5.60 Å². The van der Waals surface area contributed by atoms with Gasteiger partial charge in [-0.05, 0) is 81.7 Å². The fourth-order valence-corrected chi connectivity index (χ4v) is 6.55. The van der Waals surface area contributed by atoms with Crippen LogP contribution >= 0.6 is 0 Å². The number of piperidine rings is 1. The van der Waals surface area contributed by atoms with Crippen LogP contribution in [0.3, 0.4) is 0 Å². The Morgan fingerprint density at radius 1 is 1.09 bits per heavy atom. The first kappa shape index (κ1) is 15.9.